The van der Waals surface area contributed by atoms with E-state index >= 15 is 0 Å². The molecule has 176 valence electrons. The Bertz CT molecular complexity index is 1210. The molecule has 1 heterocycles. The molecule has 0 saturated carbocycles. The minimum absolute atomic E-state index is 0.128. The van der Waals surface area contributed by atoms with E-state index in [0.29, 0.717) is 29.8 Å². The molecule has 1 fully saturated rings. The van der Waals surface area contributed by atoms with Gasteiger partial charge in [-0.1, -0.05) is 49.4 Å². The normalized spacial score (nSPS) is 21.1. The number of benzene rings is 3. The van der Waals surface area contributed by atoms with Gasteiger partial charge in [0.25, 0.3) is 0 Å². The van der Waals surface area contributed by atoms with Gasteiger partial charge in [-0.2, -0.15) is 0 Å². The second-order valence-corrected chi connectivity index (χ2v) is 9.53. The summed E-state index contributed by atoms with van der Waals surface area (Å²) in [5.74, 6) is -0.860. The quantitative estimate of drug-likeness (QED) is 0.517. The zero-order chi connectivity index (χ0) is 23.9. The van der Waals surface area contributed by atoms with Crippen LogP contribution in [0.25, 0.3) is 0 Å². The molecule has 0 N–H and O–H groups in total. The maximum atomic E-state index is 14.8. The molecule has 2 aliphatic rings. The second-order valence-electron chi connectivity index (χ2n) is 9.53. The molecule has 3 aromatic carbocycles. The number of nitrogens with zero attached hydrogens (tertiary/aromatic N) is 2. The van der Waals surface area contributed by atoms with E-state index in [1.165, 1.54) is 29.3 Å². The van der Waals surface area contributed by atoms with Crippen LogP contribution in [0.1, 0.15) is 45.1 Å². The molecule has 1 atom stereocenters. The van der Waals surface area contributed by atoms with E-state index in [2.05, 4.69) is 41.0 Å². The molecule has 1 unspecified atom stereocenters. The summed E-state index contributed by atoms with van der Waals surface area (Å²) in [7, 11) is 0. The van der Waals surface area contributed by atoms with Gasteiger partial charge in [-0.05, 0) is 53.8 Å². The number of fused-ring (bicyclic) bond motifs is 1. The molecule has 5 heteroatoms. The van der Waals surface area contributed by atoms with Gasteiger partial charge in [0.05, 0.1) is 0 Å². The number of carbonyl (C=O) groups is 1. The summed E-state index contributed by atoms with van der Waals surface area (Å²) < 4.78 is 29.3. The standard InChI is InChI=1S/C29H30F2N2O/c1-3-21-7-4-5-8-22(21)19-32-11-13-33(14-12-32)29(23-15-20(2)16-24(30)17-23)18-26-25(28(29)34)9-6-10-27(26)31/h4-10,15-17H,3,11-14,18-19H2,1-2H3. The predicted molar refractivity (Wildman–Crippen MR) is 130 cm³/mol. The Balaban J connectivity index is 1.46. The molecule has 0 bridgehead atoms. The van der Waals surface area contributed by atoms with Crippen molar-refractivity contribution in [1.82, 2.24) is 9.80 Å². The third-order valence-corrected chi connectivity index (χ3v) is 7.50. The predicted octanol–water partition coefficient (Wildman–Crippen LogP) is 5.29. The smallest absolute Gasteiger partial charge is 0.188 e. The van der Waals surface area contributed by atoms with Gasteiger partial charge in [0.2, 0.25) is 0 Å². The molecule has 3 aromatic rings. The number of hydrogen-bond acceptors (Lipinski definition) is 3. The van der Waals surface area contributed by atoms with Crippen molar-refractivity contribution < 1.29 is 13.6 Å². The van der Waals surface area contributed by atoms with Crippen LogP contribution < -0.4 is 0 Å². The Kier molecular flexibility index (Phi) is 6.09. The lowest BCUT2D eigenvalue weighted by Gasteiger charge is -2.45. The van der Waals surface area contributed by atoms with Crippen molar-refractivity contribution in [3.8, 4) is 0 Å². The third-order valence-electron chi connectivity index (χ3n) is 7.50. The topological polar surface area (TPSA) is 23.6 Å². The van der Waals surface area contributed by atoms with Crippen molar-refractivity contribution in [2.75, 3.05) is 26.2 Å². The van der Waals surface area contributed by atoms with Crippen LogP contribution in [0.15, 0.2) is 60.7 Å². The number of Topliss-reactive ketones (excluding diaryl/α,β-unsaturated/α-hetero) is 1. The monoisotopic (exact) mass is 460 g/mol. The van der Waals surface area contributed by atoms with Gasteiger partial charge < -0.3 is 0 Å². The zero-order valence-electron chi connectivity index (χ0n) is 19.8. The van der Waals surface area contributed by atoms with Crippen molar-refractivity contribution in [3.63, 3.8) is 0 Å². The van der Waals surface area contributed by atoms with Crippen LogP contribution in [0.3, 0.4) is 0 Å². The SMILES string of the molecule is CCc1ccccc1CN1CCN(C2(c3cc(C)cc(F)c3)Cc3c(F)cccc3C2=O)CC1. The molecule has 5 rings (SSSR count). The Hall–Kier alpha value is -2.89. The molecular weight excluding hydrogens is 430 g/mol. The van der Waals surface area contributed by atoms with Crippen molar-refractivity contribution in [3.05, 3.63) is 106 Å². The molecule has 0 aromatic heterocycles. The summed E-state index contributed by atoms with van der Waals surface area (Å²) in [6, 6.07) is 18.0. The molecule has 0 amide bonds. The first-order valence-corrected chi connectivity index (χ1v) is 12.1. The van der Waals surface area contributed by atoms with Crippen LogP contribution >= 0.6 is 0 Å². The number of rotatable bonds is 5. The highest BCUT2D eigenvalue weighted by Gasteiger charge is 2.52. The van der Waals surface area contributed by atoms with Crippen molar-refractivity contribution in [1.29, 1.82) is 0 Å². The van der Waals surface area contributed by atoms with Crippen LogP contribution in [-0.2, 0) is 24.9 Å². The summed E-state index contributed by atoms with van der Waals surface area (Å²) in [6.45, 7) is 7.77. The highest BCUT2D eigenvalue weighted by atomic mass is 19.1. The van der Waals surface area contributed by atoms with Crippen LogP contribution in [0.2, 0.25) is 0 Å². The van der Waals surface area contributed by atoms with Gasteiger partial charge in [-0.25, -0.2) is 8.78 Å². The molecule has 0 spiro atoms. The third kappa shape index (κ3) is 3.87. The first kappa shape index (κ1) is 22.9. The Labute approximate surface area is 200 Å². The summed E-state index contributed by atoms with van der Waals surface area (Å²) in [5, 5.41) is 0. The van der Waals surface area contributed by atoms with Gasteiger partial charge in [-0.3, -0.25) is 14.6 Å². The maximum absolute atomic E-state index is 14.8. The molecule has 0 radical (unpaired) electrons. The average Bonchev–Trinajstić information content (AvgIpc) is 3.14. The summed E-state index contributed by atoms with van der Waals surface area (Å²) >= 11 is 0. The molecule has 1 aliphatic carbocycles. The average molecular weight is 461 g/mol. The van der Waals surface area contributed by atoms with E-state index in [1.54, 1.807) is 12.1 Å². The fourth-order valence-corrected chi connectivity index (χ4v) is 5.74. The van der Waals surface area contributed by atoms with E-state index < -0.39 is 5.54 Å². The first-order valence-electron chi connectivity index (χ1n) is 12.1. The number of aryl methyl sites for hydroxylation is 2. The number of carbonyl (C=O) groups excluding carboxylic acids is 1. The number of piperazine rings is 1. The number of hydrogen-bond donors (Lipinski definition) is 0. The number of ketones is 1. The van der Waals surface area contributed by atoms with Crippen molar-refractivity contribution in [2.24, 2.45) is 0 Å². The second kappa shape index (κ2) is 9.05. The summed E-state index contributed by atoms with van der Waals surface area (Å²) in [6.07, 6.45) is 1.23. The highest BCUT2D eigenvalue weighted by molar-refractivity contribution is 6.08. The summed E-state index contributed by atoms with van der Waals surface area (Å²) in [5.41, 5.74) is 3.85. The highest BCUT2D eigenvalue weighted by Crippen LogP contribution is 2.44. The summed E-state index contributed by atoms with van der Waals surface area (Å²) in [4.78, 5) is 18.5. The lowest BCUT2D eigenvalue weighted by atomic mass is 9.82. The molecule has 3 nitrogen and oxygen atoms in total. The first-order chi connectivity index (χ1) is 16.4. The fraction of sp³-hybridized carbons (Fsp3) is 0.345. The molecule has 1 saturated heterocycles. The Morgan fingerprint density at radius 3 is 2.32 bits per heavy atom. The molecule has 34 heavy (non-hydrogen) atoms. The van der Waals surface area contributed by atoms with Crippen LogP contribution in [0.5, 0.6) is 0 Å². The minimum atomic E-state index is -1.08. The van der Waals surface area contributed by atoms with E-state index in [9.17, 15) is 13.6 Å². The lowest BCUT2D eigenvalue weighted by molar-refractivity contribution is 0.0285. The van der Waals surface area contributed by atoms with E-state index in [1.807, 2.05) is 13.0 Å². The molecular formula is C29H30F2N2O. The van der Waals surface area contributed by atoms with Gasteiger partial charge in [0, 0.05) is 50.3 Å². The van der Waals surface area contributed by atoms with Crippen LogP contribution in [0, 0.1) is 18.6 Å². The van der Waals surface area contributed by atoms with Crippen LogP contribution in [0.4, 0.5) is 8.78 Å². The lowest BCUT2D eigenvalue weighted by Crippen LogP contribution is -2.58. The van der Waals surface area contributed by atoms with E-state index in [0.717, 1.165) is 31.6 Å². The van der Waals surface area contributed by atoms with Crippen LogP contribution in [-0.4, -0.2) is 41.8 Å². The van der Waals surface area contributed by atoms with Gasteiger partial charge in [0.15, 0.2) is 5.78 Å². The zero-order valence-corrected chi connectivity index (χ0v) is 19.8. The Morgan fingerprint density at radius 2 is 1.65 bits per heavy atom. The van der Waals surface area contributed by atoms with E-state index in [4.69, 9.17) is 0 Å². The number of halogens is 2. The van der Waals surface area contributed by atoms with Gasteiger partial charge in [-0.15, -0.1) is 0 Å². The Morgan fingerprint density at radius 1 is 0.912 bits per heavy atom. The van der Waals surface area contributed by atoms with Gasteiger partial charge >= 0.3 is 0 Å². The van der Waals surface area contributed by atoms with Crippen molar-refractivity contribution in [2.45, 2.75) is 38.8 Å². The molecule has 1 aliphatic heterocycles. The fourth-order valence-electron chi connectivity index (χ4n) is 5.74. The largest absolute Gasteiger partial charge is 0.297 e. The minimum Gasteiger partial charge on any atom is -0.297 e. The maximum Gasteiger partial charge on any atom is 0.188 e. The van der Waals surface area contributed by atoms with Crippen molar-refractivity contribution >= 4 is 5.78 Å². The van der Waals surface area contributed by atoms with Gasteiger partial charge in [0.1, 0.15) is 17.2 Å². The van der Waals surface area contributed by atoms with E-state index in [-0.39, 0.29) is 23.8 Å².